The van der Waals surface area contributed by atoms with Gasteiger partial charge in [-0.25, -0.2) is 4.98 Å². The summed E-state index contributed by atoms with van der Waals surface area (Å²) in [4.78, 5) is 23.5. The molecule has 0 unspecified atom stereocenters. The molecule has 28 heavy (non-hydrogen) atoms. The van der Waals surface area contributed by atoms with Crippen molar-refractivity contribution >= 4 is 11.7 Å². The van der Waals surface area contributed by atoms with Gasteiger partial charge in [0.1, 0.15) is 5.82 Å². The molecule has 2 aliphatic rings. The van der Waals surface area contributed by atoms with Crippen LogP contribution in [-0.2, 0) is 14.3 Å². The van der Waals surface area contributed by atoms with E-state index in [0.717, 1.165) is 30.8 Å². The number of nitrogens with one attached hydrogen (secondary N) is 1. The Kier molecular flexibility index (Phi) is 5.82. The Morgan fingerprint density at radius 1 is 1.36 bits per heavy atom. The summed E-state index contributed by atoms with van der Waals surface area (Å²) in [5.41, 5.74) is 0.783. The lowest BCUT2D eigenvalue weighted by Gasteiger charge is -2.33. The topological polar surface area (TPSA) is 103 Å². The second kappa shape index (κ2) is 8.66. The normalized spacial score (nSPS) is 22.8. The van der Waals surface area contributed by atoms with Crippen LogP contribution in [0.3, 0.4) is 0 Å². The Balaban J connectivity index is 1.33. The third kappa shape index (κ3) is 4.48. The largest absolute Gasteiger partial charge is 0.376 e. The predicted molar refractivity (Wildman–Crippen MR) is 101 cm³/mol. The molecular formula is C19H25N5O4. The number of amides is 1. The molecule has 2 fully saturated rings. The molecule has 0 aliphatic carbocycles. The summed E-state index contributed by atoms with van der Waals surface area (Å²) >= 11 is 0. The zero-order valence-corrected chi connectivity index (χ0v) is 16.0. The van der Waals surface area contributed by atoms with Crippen molar-refractivity contribution in [2.24, 2.45) is 5.92 Å². The fraction of sp³-hybridized carbons (Fsp3) is 0.579. The smallest absolute Gasteiger partial charge is 0.259 e. The van der Waals surface area contributed by atoms with Gasteiger partial charge in [-0.05, 0) is 31.9 Å². The van der Waals surface area contributed by atoms with Gasteiger partial charge < -0.3 is 24.2 Å². The van der Waals surface area contributed by atoms with Gasteiger partial charge in [-0.3, -0.25) is 4.79 Å². The molecule has 1 N–H and O–H groups in total. The molecule has 0 spiro atoms. The quantitative estimate of drug-likeness (QED) is 0.816. The molecule has 2 aromatic heterocycles. The zero-order chi connectivity index (χ0) is 19.3. The lowest BCUT2D eigenvalue weighted by Crippen LogP contribution is -2.46. The highest BCUT2D eigenvalue weighted by molar-refractivity contribution is 5.79. The third-order valence-electron chi connectivity index (χ3n) is 5.03. The van der Waals surface area contributed by atoms with Crippen molar-refractivity contribution in [2.75, 3.05) is 44.4 Å². The van der Waals surface area contributed by atoms with E-state index < -0.39 is 0 Å². The standard InChI is InChI=1S/C19H25N5O4/c1-13-22-19(28-23-13)14-4-5-17(20-9-14)24-6-2-3-15(11-24)18(25)21-10-16-12-26-7-8-27-16/h4-5,9,15-16H,2-3,6-8,10-12H2,1H3,(H,21,25)/t15-,16-/m0/s1. The molecular weight excluding hydrogens is 362 g/mol. The van der Waals surface area contributed by atoms with Gasteiger partial charge in [-0.2, -0.15) is 4.98 Å². The van der Waals surface area contributed by atoms with Gasteiger partial charge in [0.25, 0.3) is 5.89 Å². The molecule has 2 aromatic rings. The molecule has 0 aromatic carbocycles. The number of carbonyl (C=O) groups excluding carboxylic acids is 1. The molecule has 4 heterocycles. The van der Waals surface area contributed by atoms with E-state index >= 15 is 0 Å². The number of piperidine rings is 1. The first-order valence-electron chi connectivity index (χ1n) is 9.68. The number of aromatic nitrogens is 3. The van der Waals surface area contributed by atoms with Crippen LogP contribution in [0, 0.1) is 12.8 Å². The average Bonchev–Trinajstić information content (AvgIpc) is 3.19. The number of nitrogens with zero attached hydrogens (tertiary/aromatic N) is 4. The number of hydrogen-bond acceptors (Lipinski definition) is 8. The van der Waals surface area contributed by atoms with Crippen LogP contribution in [0.15, 0.2) is 22.9 Å². The summed E-state index contributed by atoms with van der Waals surface area (Å²) in [6, 6.07) is 3.85. The van der Waals surface area contributed by atoms with Gasteiger partial charge in [0, 0.05) is 25.8 Å². The highest BCUT2D eigenvalue weighted by Gasteiger charge is 2.27. The van der Waals surface area contributed by atoms with Gasteiger partial charge in [0.05, 0.1) is 37.4 Å². The first kappa shape index (κ1) is 18.8. The molecule has 2 atom stereocenters. The van der Waals surface area contributed by atoms with Crippen molar-refractivity contribution < 1.29 is 18.8 Å². The van der Waals surface area contributed by atoms with Crippen LogP contribution in [0.4, 0.5) is 5.82 Å². The number of rotatable bonds is 5. The maximum atomic E-state index is 12.6. The number of carbonyl (C=O) groups is 1. The Labute approximate surface area is 163 Å². The number of anilines is 1. The van der Waals surface area contributed by atoms with Crippen molar-refractivity contribution in [3.8, 4) is 11.5 Å². The Hall–Kier alpha value is -2.52. The molecule has 0 bridgehead atoms. The number of pyridine rings is 1. The van der Waals surface area contributed by atoms with Crippen molar-refractivity contribution in [2.45, 2.75) is 25.9 Å². The van der Waals surface area contributed by atoms with Gasteiger partial charge in [0.2, 0.25) is 5.91 Å². The molecule has 9 nitrogen and oxygen atoms in total. The fourth-order valence-corrected chi connectivity index (χ4v) is 3.53. The fourth-order valence-electron chi connectivity index (χ4n) is 3.53. The molecule has 0 radical (unpaired) electrons. The van der Waals surface area contributed by atoms with Crippen LogP contribution < -0.4 is 10.2 Å². The Bertz CT molecular complexity index is 788. The molecule has 0 saturated carbocycles. The Morgan fingerprint density at radius 3 is 3.00 bits per heavy atom. The summed E-state index contributed by atoms with van der Waals surface area (Å²) < 4.78 is 16.1. The average molecular weight is 387 g/mol. The van der Waals surface area contributed by atoms with Crippen LogP contribution in [0.2, 0.25) is 0 Å². The number of ether oxygens (including phenoxy) is 2. The van der Waals surface area contributed by atoms with Crippen LogP contribution in [0.5, 0.6) is 0 Å². The second-order valence-electron chi connectivity index (χ2n) is 7.15. The molecule has 2 saturated heterocycles. The van der Waals surface area contributed by atoms with Gasteiger partial charge in [0.15, 0.2) is 5.82 Å². The van der Waals surface area contributed by atoms with Crippen LogP contribution in [0.25, 0.3) is 11.5 Å². The lowest BCUT2D eigenvalue weighted by molar-refractivity contribution is -0.127. The lowest BCUT2D eigenvalue weighted by atomic mass is 9.97. The van der Waals surface area contributed by atoms with E-state index in [-0.39, 0.29) is 17.9 Å². The summed E-state index contributed by atoms with van der Waals surface area (Å²) in [5.74, 6) is 1.91. The van der Waals surface area contributed by atoms with Crippen LogP contribution >= 0.6 is 0 Å². The molecule has 9 heteroatoms. The summed E-state index contributed by atoms with van der Waals surface area (Å²) in [7, 11) is 0. The first-order chi connectivity index (χ1) is 13.7. The summed E-state index contributed by atoms with van der Waals surface area (Å²) in [6.45, 7) is 5.55. The zero-order valence-electron chi connectivity index (χ0n) is 16.0. The monoisotopic (exact) mass is 387 g/mol. The minimum absolute atomic E-state index is 0.0556. The van der Waals surface area contributed by atoms with Gasteiger partial charge in [-0.15, -0.1) is 0 Å². The van der Waals surface area contributed by atoms with Crippen molar-refractivity contribution in [1.29, 1.82) is 0 Å². The number of hydrogen-bond donors (Lipinski definition) is 1. The highest BCUT2D eigenvalue weighted by Crippen LogP contribution is 2.24. The molecule has 2 aliphatic heterocycles. The van der Waals surface area contributed by atoms with E-state index in [2.05, 4.69) is 25.3 Å². The van der Waals surface area contributed by atoms with E-state index in [1.54, 1.807) is 13.1 Å². The van der Waals surface area contributed by atoms with Crippen molar-refractivity contribution in [1.82, 2.24) is 20.4 Å². The molecule has 4 rings (SSSR count). The van der Waals surface area contributed by atoms with Crippen molar-refractivity contribution in [3.05, 3.63) is 24.2 Å². The minimum atomic E-state index is -0.0571. The molecule has 150 valence electrons. The van der Waals surface area contributed by atoms with E-state index in [0.29, 0.717) is 44.6 Å². The van der Waals surface area contributed by atoms with Gasteiger partial charge in [-0.1, -0.05) is 5.16 Å². The van der Waals surface area contributed by atoms with Crippen LogP contribution in [-0.4, -0.2) is 66.6 Å². The minimum Gasteiger partial charge on any atom is -0.376 e. The maximum Gasteiger partial charge on any atom is 0.259 e. The molecule has 1 amide bonds. The highest BCUT2D eigenvalue weighted by atomic mass is 16.6. The summed E-state index contributed by atoms with van der Waals surface area (Å²) in [5, 5.41) is 6.81. The van der Waals surface area contributed by atoms with Gasteiger partial charge >= 0.3 is 0 Å². The second-order valence-corrected chi connectivity index (χ2v) is 7.15. The van der Waals surface area contributed by atoms with E-state index in [1.807, 2.05) is 12.1 Å². The first-order valence-corrected chi connectivity index (χ1v) is 9.68. The number of aryl methyl sites for hydroxylation is 1. The maximum absolute atomic E-state index is 12.6. The SMILES string of the molecule is Cc1noc(-c2ccc(N3CCC[C@H](C(=O)NC[C@H]4COCCO4)C3)nc2)n1. The predicted octanol–water partition coefficient (Wildman–Crippen LogP) is 1.19. The van der Waals surface area contributed by atoms with Crippen LogP contribution in [0.1, 0.15) is 18.7 Å². The Morgan fingerprint density at radius 2 is 2.29 bits per heavy atom. The summed E-state index contributed by atoms with van der Waals surface area (Å²) in [6.07, 6.45) is 3.50. The third-order valence-corrected chi connectivity index (χ3v) is 5.03. The van der Waals surface area contributed by atoms with E-state index in [9.17, 15) is 4.79 Å². The van der Waals surface area contributed by atoms with Crippen molar-refractivity contribution in [3.63, 3.8) is 0 Å². The van der Waals surface area contributed by atoms with E-state index in [1.165, 1.54) is 0 Å². The van der Waals surface area contributed by atoms with E-state index in [4.69, 9.17) is 14.0 Å².